The van der Waals surface area contributed by atoms with Crippen LogP contribution in [0.1, 0.15) is 5.56 Å². The highest BCUT2D eigenvalue weighted by atomic mass is 16.1. The lowest BCUT2D eigenvalue weighted by Crippen LogP contribution is -2.19. The van der Waals surface area contributed by atoms with Gasteiger partial charge in [-0.25, -0.2) is 4.98 Å². The van der Waals surface area contributed by atoms with Crippen molar-refractivity contribution in [3.63, 3.8) is 0 Å². The van der Waals surface area contributed by atoms with E-state index in [1.54, 1.807) is 12.4 Å². The van der Waals surface area contributed by atoms with Crippen molar-refractivity contribution < 1.29 is 0 Å². The van der Waals surface area contributed by atoms with Gasteiger partial charge in [0.2, 0.25) is 0 Å². The van der Waals surface area contributed by atoms with E-state index in [1.165, 1.54) is 0 Å². The summed E-state index contributed by atoms with van der Waals surface area (Å²) in [5, 5.41) is 3.00. The summed E-state index contributed by atoms with van der Waals surface area (Å²) in [6, 6.07) is 5.49. The molecule has 0 saturated carbocycles. The number of likely N-dealkylation sites (N-methyl/N-ethyl adjacent to an activating group) is 1. The molecule has 0 aliphatic rings. The minimum absolute atomic E-state index is 0.101. The standard InChI is InChI=1S/C12H14N4O/c1-13-7-5-9-8-15-11(16-12(9)17)10-4-2-3-6-14-10/h2-4,6,8,13H,5,7H2,1H3,(H,15,16,17). The van der Waals surface area contributed by atoms with Gasteiger partial charge in [-0.1, -0.05) is 6.07 Å². The minimum Gasteiger partial charge on any atom is -0.319 e. The normalized spacial score (nSPS) is 10.4. The van der Waals surface area contributed by atoms with E-state index < -0.39 is 0 Å². The molecule has 5 nitrogen and oxygen atoms in total. The molecule has 0 unspecified atom stereocenters. The van der Waals surface area contributed by atoms with Crippen molar-refractivity contribution in [2.75, 3.05) is 13.6 Å². The highest BCUT2D eigenvalue weighted by molar-refractivity contribution is 5.47. The number of nitrogens with one attached hydrogen (secondary N) is 2. The van der Waals surface area contributed by atoms with Crippen molar-refractivity contribution in [1.82, 2.24) is 20.3 Å². The van der Waals surface area contributed by atoms with Crippen molar-refractivity contribution in [3.8, 4) is 11.5 Å². The van der Waals surface area contributed by atoms with Gasteiger partial charge in [-0.15, -0.1) is 0 Å². The Morgan fingerprint density at radius 1 is 1.35 bits per heavy atom. The number of pyridine rings is 1. The van der Waals surface area contributed by atoms with Crippen molar-refractivity contribution in [1.29, 1.82) is 0 Å². The zero-order valence-corrected chi connectivity index (χ0v) is 9.60. The molecule has 2 aromatic heterocycles. The van der Waals surface area contributed by atoms with E-state index in [2.05, 4.69) is 20.3 Å². The maximum Gasteiger partial charge on any atom is 0.254 e. The lowest BCUT2D eigenvalue weighted by molar-refractivity contribution is 0.780. The van der Waals surface area contributed by atoms with Crippen LogP contribution in [0.15, 0.2) is 35.4 Å². The summed E-state index contributed by atoms with van der Waals surface area (Å²) in [5.41, 5.74) is 1.25. The molecule has 88 valence electrons. The lowest BCUT2D eigenvalue weighted by Gasteiger charge is -2.02. The van der Waals surface area contributed by atoms with Gasteiger partial charge < -0.3 is 10.3 Å². The summed E-state index contributed by atoms with van der Waals surface area (Å²) in [6.45, 7) is 0.758. The number of H-pyrrole nitrogens is 1. The summed E-state index contributed by atoms with van der Waals surface area (Å²) >= 11 is 0. The van der Waals surface area contributed by atoms with Crippen molar-refractivity contribution in [2.45, 2.75) is 6.42 Å². The minimum atomic E-state index is -0.101. The number of hydrogen-bond acceptors (Lipinski definition) is 4. The van der Waals surface area contributed by atoms with E-state index >= 15 is 0 Å². The van der Waals surface area contributed by atoms with E-state index in [0.29, 0.717) is 23.5 Å². The van der Waals surface area contributed by atoms with Crippen molar-refractivity contribution in [3.05, 3.63) is 46.5 Å². The number of aromatic nitrogens is 3. The van der Waals surface area contributed by atoms with Gasteiger partial charge >= 0.3 is 0 Å². The van der Waals surface area contributed by atoms with Gasteiger partial charge in [0, 0.05) is 18.0 Å². The molecule has 2 N–H and O–H groups in total. The highest BCUT2D eigenvalue weighted by Gasteiger charge is 2.04. The van der Waals surface area contributed by atoms with Gasteiger partial charge in [0.05, 0.1) is 0 Å². The second-order valence-electron chi connectivity index (χ2n) is 3.65. The average Bonchev–Trinajstić information content (AvgIpc) is 2.38. The average molecular weight is 230 g/mol. The highest BCUT2D eigenvalue weighted by Crippen LogP contribution is 2.07. The third-order valence-corrected chi connectivity index (χ3v) is 2.42. The first kappa shape index (κ1) is 11.5. The number of hydrogen-bond donors (Lipinski definition) is 2. The Balaban J connectivity index is 2.28. The fourth-order valence-corrected chi connectivity index (χ4v) is 1.49. The maximum atomic E-state index is 11.8. The molecule has 5 heteroatoms. The molecule has 0 aliphatic carbocycles. The number of aromatic amines is 1. The predicted octanol–water partition coefficient (Wildman–Crippen LogP) is 0.594. The van der Waals surface area contributed by atoms with Gasteiger partial charge in [-0.05, 0) is 32.1 Å². The van der Waals surface area contributed by atoms with Gasteiger partial charge in [0.15, 0.2) is 5.82 Å². The molecule has 0 fully saturated rings. The molecule has 0 atom stereocenters. The SMILES string of the molecule is CNCCc1cnc(-c2ccccn2)[nH]c1=O. The monoisotopic (exact) mass is 230 g/mol. The first-order chi connectivity index (χ1) is 8.31. The van der Waals surface area contributed by atoms with Crippen LogP contribution in [-0.2, 0) is 6.42 Å². The Hall–Kier alpha value is -2.01. The molecular weight excluding hydrogens is 216 g/mol. The second-order valence-corrected chi connectivity index (χ2v) is 3.65. The Bertz CT molecular complexity index is 536. The molecule has 0 spiro atoms. The van der Waals surface area contributed by atoms with Crippen molar-refractivity contribution in [2.24, 2.45) is 0 Å². The van der Waals surface area contributed by atoms with Crippen LogP contribution in [-0.4, -0.2) is 28.5 Å². The van der Waals surface area contributed by atoms with Crippen LogP contribution in [0.3, 0.4) is 0 Å². The second kappa shape index (κ2) is 5.36. The van der Waals surface area contributed by atoms with Crippen molar-refractivity contribution >= 4 is 0 Å². The molecule has 0 radical (unpaired) electrons. The summed E-state index contributed by atoms with van der Waals surface area (Å²) in [6.07, 6.45) is 3.95. The molecule has 17 heavy (non-hydrogen) atoms. The zero-order valence-electron chi connectivity index (χ0n) is 9.60. The van der Waals surface area contributed by atoms with Crippen LogP contribution in [0.25, 0.3) is 11.5 Å². The molecule has 2 aromatic rings. The third kappa shape index (κ3) is 2.76. The van der Waals surface area contributed by atoms with Crippen LogP contribution in [0, 0.1) is 0 Å². The van der Waals surface area contributed by atoms with Crippen LogP contribution in [0.2, 0.25) is 0 Å². The Labute approximate surface area is 99.0 Å². The molecule has 0 bridgehead atoms. The first-order valence-corrected chi connectivity index (χ1v) is 5.45. The van der Waals surface area contributed by atoms with Crippen LogP contribution < -0.4 is 10.9 Å². The summed E-state index contributed by atoms with van der Waals surface area (Å²) in [7, 11) is 1.85. The summed E-state index contributed by atoms with van der Waals surface area (Å²) in [4.78, 5) is 22.9. The van der Waals surface area contributed by atoms with E-state index in [9.17, 15) is 4.79 Å². The Kier molecular flexibility index (Phi) is 3.62. The molecule has 0 aliphatic heterocycles. The van der Waals surface area contributed by atoms with E-state index in [-0.39, 0.29) is 5.56 Å². The molecule has 2 rings (SSSR count). The fourth-order valence-electron chi connectivity index (χ4n) is 1.49. The largest absolute Gasteiger partial charge is 0.319 e. The summed E-state index contributed by atoms with van der Waals surface area (Å²) in [5.74, 6) is 0.504. The van der Waals surface area contributed by atoms with Gasteiger partial charge in [0.25, 0.3) is 5.56 Å². The van der Waals surface area contributed by atoms with E-state index in [0.717, 1.165) is 6.54 Å². The molecular formula is C12H14N4O. The molecule has 0 amide bonds. The topological polar surface area (TPSA) is 70.7 Å². The van der Waals surface area contributed by atoms with Crippen LogP contribution in [0.4, 0.5) is 0 Å². The number of nitrogens with zero attached hydrogens (tertiary/aromatic N) is 2. The van der Waals surface area contributed by atoms with Gasteiger partial charge in [-0.3, -0.25) is 9.78 Å². The van der Waals surface area contributed by atoms with E-state index in [1.807, 2.05) is 25.2 Å². The first-order valence-electron chi connectivity index (χ1n) is 5.45. The lowest BCUT2D eigenvalue weighted by atomic mass is 10.2. The molecule has 0 aromatic carbocycles. The maximum absolute atomic E-state index is 11.8. The quantitative estimate of drug-likeness (QED) is 0.806. The fraction of sp³-hybridized carbons (Fsp3) is 0.250. The summed E-state index contributed by atoms with van der Waals surface area (Å²) < 4.78 is 0. The van der Waals surface area contributed by atoms with Crippen LogP contribution >= 0.6 is 0 Å². The number of rotatable bonds is 4. The van der Waals surface area contributed by atoms with E-state index in [4.69, 9.17) is 0 Å². The zero-order chi connectivity index (χ0) is 12.1. The van der Waals surface area contributed by atoms with Gasteiger partial charge in [-0.2, -0.15) is 0 Å². The Morgan fingerprint density at radius 2 is 2.24 bits per heavy atom. The smallest absolute Gasteiger partial charge is 0.254 e. The van der Waals surface area contributed by atoms with Crippen LogP contribution in [0.5, 0.6) is 0 Å². The predicted molar refractivity (Wildman–Crippen MR) is 65.7 cm³/mol. The third-order valence-electron chi connectivity index (χ3n) is 2.42. The molecule has 0 saturated heterocycles. The Morgan fingerprint density at radius 3 is 2.88 bits per heavy atom. The molecule has 2 heterocycles. The van der Waals surface area contributed by atoms with Gasteiger partial charge in [0.1, 0.15) is 5.69 Å².